The van der Waals surface area contributed by atoms with Gasteiger partial charge in [0.25, 0.3) is 0 Å². The third-order valence-corrected chi connectivity index (χ3v) is 4.84. The zero-order chi connectivity index (χ0) is 16.3. The summed E-state index contributed by atoms with van der Waals surface area (Å²) in [6.07, 6.45) is 0.558. The maximum Gasteiger partial charge on any atom is 0.224 e. The van der Waals surface area contributed by atoms with Gasteiger partial charge >= 0.3 is 0 Å². The number of thioether (sulfide) groups is 1. The molecule has 0 unspecified atom stereocenters. The molecule has 4 nitrogen and oxygen atoms in total. The van der Waals surface area contributed by atoms with E-state index in [9.17, 15) is 4.79 Å². The van der Waals surface area contributed by atoms with Crippen molar-refractivity contribution in [3.05, 3.63) is 23.8 Å². The minimum atomic E-state index is -0.00111. The minimum Gasteiger partial charge on any atom is -0.497 e. The van der Waals surface area contributed by atoms with Crippen LogP contribution in [0.1, 0.15) is 38.1 Å². The molecule has 22 heavy (non-hydrogen) atoms. The van der Waals surface area contributed by atoms with Crippen LogP contribution < -0.4 is 9.47 Å². The lowest BCUT2D eigenvalue weighted by molar-refractivity contribution is -0.133. The molecule has 0 bridgehead atoms. The first-order chi connectivity index (χ1) is 10.4. The van der Waals surface area contributed by atoms with E-state index in [-0.39, 0.29) is 16.7 Å². The summed E-state index contributed by atoms with van der Waals surface area (Å²) in [5.41, 5.74) is 1.03. The Morgan fingerprint density at radius 3 is 2.64 bits per heavy atom. The maximum absolute atomic E-state index is 12.6. The first-order valence-corrected chi connectivity index (χ1v) is 8.53. The van der Waals surface area contributed by atoms with E-state index in [1.807, 2.05) is 23.1 Å². The van der Waals surface area contributed by atoms with Crippen molar-refractivity contribution in [1.82, 2.24) is 4.90 Å². The Bertz CT molecular complexity index is 539. The molecule has 0 N–H and O–H groups in total. The van der Waals surface area contributed by atoms with Crippen molar-refractivity contribution in [2.75, 3.05) is 26.5 Å². The van der Waals surface area contributed by atoms with Crippen LogP contribution in [-0.4, -0.2) is 37.3 Å². The van der Waals surface area contributed by atoms with E-state index in [2.05, 4.69) is 20.8 Å². The van der Waals surface area contributed by atoms with Crippen molar-refractivity contribution in [2.45, 2.75) is 32.6 Å². The fraction of sp³-hybridized carbons (Fsp3) is 0.588. The average molecular weight is 323 g/mol. The zero-order valence-corrected chi connectivity index (χ0v) is 14.8. The van der Waals surface area contributed by atoms with E-state index in [4.69, 9.17) is 9.47 Å². The lowest BCUT2D eigenvalue weighted by atomic mass is 9.91. The summed E-state index contributed by atoms with van der Waals surface area (Å²) in [5.74, 6) is 2.69. The summed E-state index contributed by atoms with van der Waals surface area (Å²) in [4.78, 5) is 14.6. The second kappa shape index (κ2) is 6.82. The minimum absolute atomic E-state index is 0.00111. The van der Waals surface area contributed by atoms with Crippen LogP contribution in [0.25, 0.3) is 0 Å². The van der Waals surface area contributed by atoms with E-state index in [0.29, 0.717) is 6.42 Å². The fourth-order valence-electron chi connectivity index (χ4n) is 2.56. The molecule has 1 aromatic carbocycles. The number of carbonyl (C=O) groups is 1. The molecule has 1 aliphatic heterocycles. The van der Waals surface area contributed by atoms with Crippen LogP contribution in [0.4, 0.5) is 0 Å². The smallest absolute Gasteiger partial charge is 0.224 e. The van der Waals surface area contributed by atoms with Crippen molar-refractivity contribution >= 4 is 17.7 Å². The van der Waals surface area contributed by atoms with Crippen LogP contribution in [0.2, 0.25) is 0 Å². The molecule has 0 aromatic heterocycles. The molecule has 1 saturated heterocycles. The SMILES string of the molecule is COc1ccc([C@H]2SCCN2C(=O)CC(C)(C)C)c(OC)c1. The molecule has 2 rings (SSSR count). The first-order valence-electron chi connectivity index (χ1n) is 7.49. The van der Waals surface area contributed by atoms with E-state index in [1.165, 1.54) is 0 Å². The number of benzene rings is 1. The molecule has 1 aromatic rings. The molecule has 1 heterocycles. The summed E-state index contributed by atoms with van der Waals surface area (Å²) in [6.45, 7) is 7.07. The predicted octanol–water partition coefficient (Wildman–Crippen LogP) is 3.71. The summed E-state index contributed by atoms with van der Waals surface area (Å²) in [6, 6.07) is 5.79. The molecule has 1 amide bonds. The van der Waals surface area contributed by atoms with Crippen LogP contribution in [0.3, 0.4) is 0 Å². The van der Waals surface area contributed by atoms with Gasteiger partial charge in [0.05, 0.1) is 14.2 Å². The van der Waals surface area contributed by atoms with Gasteiger partial charge in [0.2, 0.25) is 5.91 Å². The van der Waals surface area contributed by atoms with Gasteiger partial charge in [0, 0.05) is 30.3 Å². The number of rotatable bonds is 4. The van der Waals surface area contributed by atoms with Gasteiger partial charge in [-0.25, -0.2) is 0 Å². The van der Waals surface area contributed by atoms with Gasteiger partial charge in [0.15, 0.2) is 0 Å². The van der Waals surface area contributed by atoms with Crippen LogP contribution in [0.5, 0.6) is 11.5 Å². The standard InChI is InChI=1S/C17H25NO3S/c1-17(2,3)11-15(19)18-8-9-22-16(18)13-7-6-12(20-4)10-14(13)21-5/h6-7,10,16H,8-9,11H2,1-5H3/t16-/m1/s1. The third-order valence-electron chi connectivity index (χ3n) is 3.60. The molecule has 1 fully saturated rings. The van der Waals surface area contributed by atoms with Gasteiger partial charge in [0.1, 0.15) is 16.9 Å². The van der Waals surface area contributed by atoms with Crippen molar-refractivity contribution < 1.29 is 14.3 Å². The molecule has 122 valence electrons. The number of hydrogen-bond acceptors (Lipinski definition) is 4. The second-order valence-electron chi connectivity index (χ2n) is 6.66. The molecular formula is C17H25NO3S. The average Bonchev–Trinajstić information content (AvgIpc) is 2.94. The van der Waals surface area contributed by atoms with Crippen molar-refractivity contribution in [1.29, 1.82) is 0 Å². The maximum atomic E-state index is 12.6. The van der Waals surface area contributed by atoms with Gasteiger partial charge in [-0.1, -0.05) is 20.8 Å². The zero-order valence-electron chi connectivity index (χ0n) is 14.0. The van der Waals surface area contributed by atoms with E-state index >= 15 is 0 Å². The normalized spacial score (nSPS) is 18.4. The molecule has 0 aliphatic carbocycles. The molecule has 0 spiro atoms. The van der Waals surface area contributed by atoms with Gasteiger partial charge in [-0.15, -0.1) is 11.8 Å². The summed E-state index contributed by atoms with van der Waals surface area (Å²) in [7, 11) is 3.29. The first kappa shape index (κ1) is 17.0. The fourth-order valence-corrected chi connectivity index (χ4v) is 3.86. The summed E-state index contributed by atoms with van der Waals surface area (Å²) >= 11 is 1.79. The quantitative estimate of drug-likeness (QED) is 0.846. The lowest BCUT2D eigenvalue weighted by Crippen LogP contribution is -2.33. The Labute approximate surface area is 137 Å². The van der Waals surface area contributed by atoms with Crippen molar-refractivity contribution in [2.24, 2.45) is 5.41 Å². The molecule has 1 aliphatic rings. The highest BCUT2D eigenvalue weighted by Crippen LogP contribution is 2.43. The van der Waals surface area contributed by atoms with E-state index < -0.39 is 0 Å². The highest BCUT2D eigenvalue weighted by Gasteiger charge is 2.34. The van der Waals surface area contributed by atoms with Crippen LogP contribution >= 0.6 is 11.8 Å². The van der Waals surface area contributed by atoms with Crippen LogP contribution in [0, 0.1) is 5.41 Å². The summed E-state index contributed by atoms with van der Waals surface area (Å²) in [5, 5.41) is 0.0238. The summed E-state index contributed by atoms with van der Waals surface area (Å²) < 4.78 is 10.7. The van der Waals surface area contributed by atoms with Gasteiger partial charge in [-0.05, 0) is 17.5 Å². The molecule has 5 heteroatoms. The van der Waals surface area contributed by atoms with E-state index in [1.54, 1.807) is 26.0 Å². The van der Waals surface area contributed by atoms with Gasteiger partial charge < -0.3 is 14.4 Å². The Kier molecular flexibility index (Phi) is 5.27. The Hall–Kier alpha value is -1.36. The second-order valence-corrected chi connectivity index (χ2v) is 7.84. The Morgan fingerprint density at radius 1 is 1.32 bits per heavy atom. The number of nitrogens with zero attached hydrogens (tertiary/aromatic N) is 1. The predicted molar refractivity (Wildman–Crippen MR) is 90.5 cm³/mol. The number of amides is 1. The monoisotopic (exact) mass is 323 g/mol. The number of ether oxygens (including phenoxy) is 2. The topological polar surface area (TPSA) is 38.8 Å². The molecule has 0 radical (unpaired) electrons. The van der Waals surface area contributed by atoms with Crippen LogP contribution in [0.15, 0.2) is 18.2 Å². The highest BCUT2D eigenvalue weighted by atomic mass is 32.2. The third kappa shape index (κ3) is 3.88. The van der Waals surface area contributed by atoms with Crippen molar-refractivity contribution in [3.63, 3.8) is 0 Å². The Balaban J connectivity index is 2.25. The number of hydrogen-bond donors (Lipinski definition) is 0. The van der Waals surface area contributed by atoms with Crippen LogP contribution in [-0.2, 0) is 4.79 Å². The lowest BCUT2D eigenvalue weighted by Gasteiger charge is -2.28. The Morgan fingerprint density at radius 2 is 2.05 bits per heavy atom. The van der Waals surface area contributed by atoms with E-state index in [0.717, 1.165) is 29.4 Å². The molecule has 0 saturated carbocycles. The van der Waals surface area contributed by atoms with Gasteiger partial charge in [-0.3, -0.25) is 4.79 Å². The van der Waals surface area contributed by atoms with Crippen molar-refractivity contribution in [3.8, 4) is 11.5 Å². The largest absolute Gasteiger partial charge is 0.497 e. The van der Waals surface area contributed by atoms with Gasteiger partial charge in [-0.2, -0.15) is 0 Å². The number of methoxy groups -OCH3 is 2. The molecule has 1 atom stereocenters. The number of carbonyl (C=O) groups excluding carboxylic acids is 1. The molecular weight excluding hydrogens is 298 g/mol. The highest BCUT2D eigenvalue weighted by molar-refractivity contribution is 7.99.